The molecule has 1 aliphatic heterocycles. The molecule has 152 valence electrons. The number of nitriles is 1. The Kier molecular flexibility index (Phi) is 5.94. The second-order valence-electron chi connectivity index (χ2n) is 7.42. The fraction of sp³-hybridized carbons (Fsp3) is 0.556. The van der Waals surface area contributed by atoms with Crippen molar-refractivity contribution in [2.24, 2.45) is 21.2 Å². The Labute approximate surface area is 162 Å². The molecule has 1 saturated heterocycles. The Morgan fingerprint density at radius 1 is 1.54 bits per heavy atom. The minimum atomic E-state index is -1.94. The number of nitrogens with zero attached hydrogens (tertiary/aromatic N) is 4. The summed E-state index contributed by atoms with van der Waals surface area (Å²) < 4.78 is 12.4. The van der Waals surface area contributed by atoms with E-state index in [2.05, 4.69) is 16.8 Å². The number of aliphatic hydroxyl groups excluding tert-OH is 2. The first-order valence-corrected chi connectivity index (χ1v) is 8.58. The summed E-state index contributed by atoms with van der Waals surface area (Å²) in [5.41, 5.74) is 3.51. The van der Waals surface area contributed by atoms with Gasteiger partial charge in [-0.2, -0.15) is 10.4 Å². The normalized spacial score (nSPS) is 28.0. The van der Waals surface area contributed by atoms with Gasteiger partial charge in [0.25, 0.3) is 0 Å². The molecule has 1 aliphatic rings. The molecular weight excluding hydrogens is 366 g/mol. The van der Waals surface area contributed by atoms with Gasteiger partial charge in [-0.25, -0.2) is 4.68 Å². The highest BCUT2D eigenvalue weighted by atomic mass is 16.6. The number of esters is 1. The van der Waals surface area contributed by atoms with Crippen molar-refractivity contribution < 1.29 is 24.5 Å². The van der Waals surface area contributed by atoms with E-state index in [0.29, 0.717) is 5.69 Å². The number of hydrogen-bond acceptors (Lipinski definition) is 8. The molecule has 1 aromatic rings. The smallest absolute Gasteiger partial charge is 0.311 e. The Morgan fingerprint density at radius 2 is 2.18 bits per heavy atom. The van der Waals surface area contributed by atoms with Crippen molar-refractivity contribution in [1.29, 1.82) is 5.26 Å². The van der Waals surface area contributed by atoms with E-state index in [1.165, 1.54) is 17.8 Å². The summed E-state index contributed by atoms with van der Waals surface area (Å²) in [5.74, 6) is -0.509. The second-order valence-corrected chi connectivity index (χ2v) is 7.42. The number of aliphatic imine (C=N–C) groups is 1. The number of aromatic nitrogens is 1. The van der Waals surface area contributed by atoms with Crippen LogP contribution in [-0.4, -0.2) is 65.4 Å². The minimum absolute atomic E-state index is 0.132. The number of amidine groups is 1. The van der Waals surface area contributed by atoms with Gasteiger partial charge in [-0.15, -0.1) is 0 Å². The molecule has 0 aliphatic carbocycles. The van der Waals surface area contributed by atoms with Gasteiger partial charge in [0, 0.05) is 13.8 Å². The van der Waals surface area contributed by atoms with Crippen LogP contribution in [0.4, 0.5) is 0 Å². The lowest BCUT2D eigenvalue weighted by atomic mass is 9.91. The maximum absolute atomic E-state index is 12.5. The predicted molar refractivity (Wildman–Crippen MR) is 101 cm³/mol. The van der Waals surface area contributed by atoms with Gasteiger partial charge in [-0.1, -0.05) is 0 Å². The molecule has 2 heterocycles. The van der Waals surface area contributed by atoms with Gasteiger partial charge >= 0.3 is 5.97 Å². The van der Waals surface area contributed by atoms with Crippen LogP contribution in [0.3, 0.4) is 0 Å². The molecule has 2 rings (SSSR count). The molecule has 0 radical (unpaired) electrons. The zero-order chi connectivity index (χ0) is 21.3. The molecule has 10 heteroatoms. The highest BCUT2D eigenvalue weighted by molar-refractivity contribution is 5.96. The summed E-state index contributed by atoms with van der Waals surface area (Å²) >= 11 is 0. The Balaban J connectivity index is 2.65. The van der Waals surface area contributed by atoms with Crippen LogP contribution >= 0.6 is 0 Å². The van der Waals surface area contributed by atoms with Gasteiger partial charge < -0.3 is 25.4 Å². The lowest BCUT2D eigenvalue weighted by Crippen LogP contribution is -2.46. The third-order valence-electron chi connectivity index (χ3n) is 4.50. The molecule has 0 spiro atoms. The topological polar surface area (TPSA) is 155 Å². The SMILES string of the molecule is C=Nn1c(C(N)=NC)ccc1[C@]1(C#N)O[C@H](CO)[C@@H](O)[C@H]1OC(=O)C(C)(C)C. The highest BCUT2D eigenvalue weighted by Crippen LogP contribution is 2.42. The molecule has 0 bridgehead atoms. The molecule has 0 aromatic carbocycles. The largest absolute Gasteiger partial charge is 0.454 e. The maximum Gasteiger partial charge on any atom is 0.311 e. The van der Waals surface area contributed by atoms with Crippen LogP contribution < -0.4 is 5.73 Å². The third-order valence-corrected chi connectivity index (χ3v) is 4.50. The summed E-state index contributed by atoms with van der Waals surface area (Å²) in [6, 6.07) is 5.03. The number of rotatable bonds is 5. The van der Waals surface area contributed by atoms with Crippen molar-refractivity contribution in [2.45, 2.75) is 44.7 Å². The minimum Gasteiger partial charge on any atom is -0.454 e. The summed E-state index contributed by atoms with van der Waals surface area (Å²) in [5, 5.41) is 34.0. The molecule has 0 amide bonds. The van der Waals surface area contributed by atoms with E-state index >= 15 is 0 Å². The van der Waals surface area contributed by atoms with Gasteiger partial charge in [0.2, 0.25) is 5.60 Å². The quantitative estimate of drug-likeness (QED) is 0.354. The molecule has 4 N–H and O–H groups in total. The average Bonchev–Trinajstić information content (AvgIpc) is 3.20. The Hall–Kier alpha value is -2.74. The molecule has 1 fully saturated rings. The highest BCUT2D eigenvalue weighted by Gasteiger charge is 2.60. The van der Waals surface area contributed by atoms with E-state index in [9.17, 15) is 20.3 Å². The van der Waals surface area contributed by atoms with Crippen LogP contribution in [0, 0.1) is 16.7 Å². The summed E-state index contributed by atoms with van der Waals surface area (Å²) in [6.45, 7) is 7.81. The summed E-state index contributed by atoms with van der Waals surface area (Å²) in [6.07, 6.45) is -4.00. The molecule has 0 unspecified atom stereocenters. The fourth-order valence-electron chi connectivity index (χ4n) is 2.93. The van der Waals surface area contributed by atoms with E-state index < -0.39 is 41.9 Å². The summed E-state index contributed by atoms with van der Waals surface area (Å²) in [7, 11) is 1.49. The van der Waals surface area contributed by atoms with E-state index in [4.69, 9.17) is 15.2 Å². The predicted octanol–water partition coefficient (Wildman–Crippen LogP) is -0.284. The van der Waals surface area contributed by atoms with Crippen LogP contribution in [0.15, 0.2) is 22.2 Å². The number of hydrogen-bond donors (Lipinski definition) is 3. The monoisotopic (exact) mass is 391 g/mol. The van der Waals surface area contributed by atoms with Gasteiger partial charge in [0.1, 0.15) is 29.8 Å². The Bertz CT molecular complexity index is 834. The fourth-order valence-corrected chi connectivity index (χ4v) is 2.93. The van der Waals surface area contributed by atoms with E-state index in [1.807, 2.05) is 6.07 Å². The van der Waals surface area contributed by atoms with Crippen molar-refractivity contribution >= 4 is 18.5 Å². The first-order valence-electron chi connectivity index (χ1n) is 8.58. The molecule has 4 atom stereocenters. The van der Waals surface area contributed by atoms with Crippen LogP contribution in [0.2, 0.25) is 0 Å². The van der Waals surface area contributed by atoms with E-state index in [1.54, 1.807) is 26.8 Å². The number of carbonyl (C=O) groups excluding carboxylic acids is 1. The molecule has 0 saturated carbocycles. The Morgan fingerprint density at radius 3 is 2.64 bits per heavy atom. The molecular formula is C18H25N5O5. The lowest BCUT2D eigenvalue weighted by Gasteiger charge is -2.30. The van der Waals surface area contributed by atoms with Crippen LogP contribution in [0.1, 0.15) is 32.2 Å². The second kappa shape index (κ2) is 7.71. The van der Waals surface area contributed by atoms with Crippen molar-refractivity contribution in [3.05, 3.63) is 23.5 Å². The molecule has 28 heavy (non-hydrogen) atoms. The molecule has 10 nitrogen and oxygen atoms in total. The van der Waals surface area contributed by atoms with E-state index in [0.717, 1.165) is 0 Å². The third kappa shape index (κ3) is 3.40. The van der Waals surface area contributed by atoms with Crippen LogP contribution in [-0.2, 0) is 19.9 Å². The average molecular weight is 391 g/mol. The van der Waals surface area contributed by atoms with Gasteiger partial charge in [-0.3, -0.25) is 9.79 Å². The van der Waals surface area contributed by atoms with Crippen molar-refractivity contribution in [3.8, 4) is 6.07 Å². The zero-order valence-electron chi connectivity index (χ0n) is 16.3. The number of nitrogens with two attached hydrogens (primary N) is 1. The number of aliphatic hydroxyl groups is 2. The molecule has 1 aromatic heterocycles. The van der Waals surface area contributed by atoms with Gasteiger partial charge in [-0.05, 0) is 32.9 Å². The summed E-state index contributed by atoms with van der Waals surface area (Å²) in [4.78, 5) is 16.4. The maximum atomic E-state index is 12.5. The van der Waals surface area contributed by atoms with Crippen molar-refractivity contribution in [2.75, 3.05) is 13.7 Å². The zero-order valence-corrected chi connectivity index (χ0v) is 16.3. The van der Waals surface area contributed by atoms with E-state index in [-0.39, 0.29) is 11.5 Å². The lowest BCUT2D eigenvalue weighted by molar-refractivity contribution is -0.169. The first-order chi connectivity index (χ1) is 13.1. The number of carbonyl (C=O) groups is 1. The first kappa shape index (κ1) is 21.6. The van der Waals surface area contributed by atoms with Crippen LogP contribution in [0.5, 0.6) is 0 Å². The van der Waals surface area contributed by atoms with Crippen molar-refractivity contribution in [1.82, 2.24) is 4.68 Å². The van der Waals surface area contributed by atoms with Crippen LogP contribution in [0.25, 0.3) is 0 Å². The standard InChI is InChI=1S/C18H25N5O5/c1-17(2,3)16(26)27-14-13(25)11(8-24)28-18(14,9-19)12-7-6-10(15(20)21-4)23(12)22-5/h6-7,11,13-14,24-25H,5,8H2,1-4H3,(H2,20,21)/t11-,13-,14-,18+/m1/s1. The van der Waals surface area contributed by atoms with Crippen molar-refractivity contribution in [3.63, 3.8) is 0 Å². The van der Waals surface area contributed by atoms with Gasteiger partial charge in [0.15, 0.2) is 6.10 Å². The van der Waals surface area contributed by atoms with Gasteiger partial charge in [0.05, 0.1) is 17.7 Å². The number of ether oxygens (including phenoxy) is 2.